The van der Waals surface area contributed by atoms with E-state index in [1.807, 2.05) is 0 Å². The van der Waals surface area contributed by atoms with Crippen molar-refractivity contribution in [3.8, 4) is 5.75 Å². The van der Waals surface area contributed by atoms with E-state index in [1.54, 1.807) is 53.2 Å². The Balaban J connectivity index is 1.83. The van der Waals surface area contributed by atoms with Crippen LogP contribution in [0.5, 0.6) is 5.75 Å². The van der Waals surface area contributed by atoms with Crippen molar-refractivity contribution >= 4 is 46.2 Å². The maximum atomic E-state index is 14.0. The third-order valence-electron chi connectivity index (χ3n) is 4.16. The molecule has 2 heterocycles. The van der Waals surface area contributed by atoms with Gasteiger partial charge in [-0.25, -0.2) is 9.18 Å². The zero-order valence-electron chi connectivity index (χ0n) is 14.6. The highest BCUT2D eigenvalue weighted by atomic mass is 127. The molecule has 0 radical (unpaired) electrons. The van der Waals surface area contributed by atoms with Crippen LogP contribution in [0.3, 0.4) is 0 Å². The molecule has 142 valence electrons. The van der Waals surface area contributed by atoms with Gasteiger partial charge in [0, 0.05) is 19.6 Å². The van der Waals surface area contributed by atoms with Crippen LogP contribution in [0.25, 0.3) is 0 Å². The number of hydrogen-bond acceptors (Lipinski definition) is 4. The van der Waals surface area contributed by atoms with Crippen molar-refractivity contribution in [1.82, 2.24) is 9.80 Å². The Labute approximate surface area is 169 Å². The van der Waals surface area contributed by atoms with Crippen molar-refractivity contribution in [3.05, 3.63) is 26.0 Å². The van der Waals surface area contributed by atoms with Crippen LogP contribution in [-0.2, 0) is 4.74 Å². The number of halogens is 3. The van der Waals surface area contributed by atoms with E-state index in [0.717, 1.165) is 6.07 Å². The second-order valence-corrected chi connectivity index (χ2v) is 8.71. The average molecular weight is 497 g/mol. The van der Waals surface area contributed by atoms with Crippen molar-refractivity contribution in [2.24, 2.45) is 0 Å². The SMILES string of the molecule is CC(C)(C)OC(=O)N1CCN2C(=O)c3cc(F)c(I)c(Cl)c3OC[C@@H]2C1. The highest BCUT2D eigenvalue weighted by Crippen LogP contribution is 2.38. The van der Waals surface area contributed by atoms with E-state index in [4.69, 9.17) is 21.1 Å². The zero-order valence-corrected chi connectivity index (χ0v) is 17.6. The van der Waals surface area contributed by atoms with Crippen LogP contribution in [-0.4, -0.2) is 59.7 Å². The highest BCUT2D eigenvalue weighted by molar-refractivity contribution is 14.1. The topological polar surface area (TPSA) is 59.1 Å². The summed E-state index contributed by atoms with van der Waals surface area (Å²) in [7, 11) is 0. The summed E-state index contributed by atoms with van der Waals surface area (Å²) in [5.41, 5.74) is -0.483. The first-order valence-electron chi connectivity index (χ1n) is 8.17. The lowest BCUT2D eigenvalue weighted by Gasteiger charge is -2.40. The van der Waals surface area contributed by atoms with Crippen LogP contribution >= 0.6 is 34.2 Å². The van der Waals surface area contributed by atoms with E-state index < -0.39 is 17.5 Å². The van der Waals surface area contributed by atoms with Crippen molar-refractivity contribution in [3.63, 3.8) is 0 Å². The van der Waals surface area contributed by atoms with Crippen molar-refractivity contribution in [1.29, 1.82) is 0 Å². The summed E-state index contributed by atoms with van der Waals surface area (Å²) in [6.07, 6.45) is -0.426. The number of nitrogens with zero attached hydrogens (tertiary/aromatic N) is 2. The van der Waals surface area contributed by atoms with E-state index in [0.29, 0.717) is 13.1 Å². The summed E-state index contributed by atoms with van der Waals surface area (Å²) in [5, 5.41) is 0.0952. The number of carbonyl (C=O) groups excluding carboxylic acids is 2. The molecule has 0 aliphatic carbocycles. The lowest BCUT2D eigenvalue weighted by Crippen LogP contribution is -2.58. The van der Waals surface area contributed by atoms with Crippen LogP contribution in [0.4, 0.5) is 9.18 Å². The van der Waals surface area contributed by atoms with Gasteiger partial charge in [-0.1, -0.05) is 11.6 Å². The quantitative estimate of drug-likeness (QED) is 0.407. The average Bonchev–Trinajstić information content (AvgIpc) is 2.69. The molecule has 9 heteroatoms. The predicted molar refractivity (Wildman–Crippen MR) is 102 cm³/mol. The number of rotatable bonds is 0. The summed E-state index contributed by atoms with van der Waals surface area (Å²) >= 11 is 7.95. The third kappa shape index (κ3) is 3.71. The van der Waals surface area contributed by atoms with Gasteiger partial charge in [0.2, 0.25) is 0 Å². The molecule has 1 fully saturated rings. The molecule has 3 rings (SSSR count). The minimum absolute atomic E-state index is 0.0952. The molecule has 6 nitrogen and oxygen atoms in total. The largest absolute Gasteiger partial charge is 0.489 e. The maximum absolute atomic E-state index is 14.0. The third-order valence-corrected chi connectivity index (χ3v) is 5.90. The first kappa shape index (κ1) is 19.5. The second kappa shape index (κ2) is 7.03. The molecule has 0 N–H and O–H groups in total. The molecule has 2 amide bonds. The van der Waals surface area contributed by atoms with Gasteiger partial charge in [0.05, 0.1) is 20.2 Å². The summed E-state index contributed by atoms with van der Waals surface area (Å²) in [4.78, 5) is 28.3. The Morgan fingerprint density at radius 1 is 1.42 bits per heavy atom. The van der Waals surface area contributed by atoms with E-state index >= 15 is 0 Å². The number of benzene rings is 1. The molecule has 1 aromatic carbocycles. The predicted octanol–water partition coefficient (Wildman–Crippen LogP) is 3.54. The summed E-state index contributed by atoms with van der Waals surface area (Å²) in [6.45, 7) is 6.51. The van der Waals surface area contributed by atoms with Gasteiger partial charge in [0.1, 0.15) is 18.0 Å². The van der Waals surface area contributed by atoms with Crippen molar-refractivity contribution in [2.75, 3.05) is 26.2 Å². The Morgan fingerprint density at radius 3 is 2.77 bits per heavy atom. The lowest BCUT2D eigenvalue weighted by molar-refractivity contribution is 0.000951. The maximum Gasteiger partial charge on any atom is 0.410 e. The molecule has 0 bridgehead atoms. The van der Waals surface area contributed by atoms with E-state index in [2.05, 4.69) is 0 Å². The number of amides is 2. The molecule has 1 saturated heterocycles. The van der Waals surface area contributed by atoms with Crippen LogP contribution in [0, 0.1) is 9.39 Å². The Hall–Kier alpha value is -1.29. The number of fused-ring (bicyclic) bond motifs is 2. The van der Waals surface area contributed by atoms with Gasteiger partial charge >= 0.3 is 6.09 Å². The fourth-order valence-electron chi connectivity index (χ4n) is 2.97. The molecule has 2 aliphatic heterocycles. The smallest absolute Gasteiger partial charge is 0.410 e. The number of piperazine rings is 1. The first-order valence-corrected chi connectivity index (χ1v) is 9.63. The second-order valence-electron chi connectivity index (χ2n) is 7.25. The van der Waals surface area contributed by atoms with Gasteiger partial charge in [-0.05, 0) is 49.4 Å². The van der Waals surface area contributed by atoms with Gasteiger partial charge in [0.15, 0.2) is 5.75 Å². The molecule has 2 aliphatic rings. The van der Waals surface area contributed by atoms with Gasteiger partial charge < -0.3 is 19.3 Å². The molecular weight excluding hydrogens is 478 g/mol. The van der Waals surface area contributed by atoms with E-state index in [9.17, 15) is 14.0 Å². The minimum atomic E-state index is -0.595. The number of ether oxygens (including phenoxy) is 2. The van der Waals surface area contributed by atoms with Crippen molar-refractivity contribution < 1.29 is 23.5 Å². The molecule has 0 saturated carbocycles. The molecule has 1 aromatic rings. The Kier molecular flexibility index (Phi) is 5.26. The normalized spacial score (nSPS) is 20.1. The fraction of sp³-hybridized carbons (Fsp3) is 0.529. The van der Waals surface area contributed by atoms with Gasteiger partial charge in [0.25, 0.3) is 5.91 Å². The van der Waals surface area contributed by atoms with Gasteiger partial charge in [-0.15, -0.1) is 0 Å². The first-order chi connectivity index (χ1) is 12.1. The number of hydrogen-bond donors (Lipinski definition) is 0. The monoisotopic (exact) mass is 496 g/mol. The molecule has 0 spiro atoms. The molecule has 1 atom stereocenters. The summed E-state index contributed by atoms with van der Waals surface area (Å²) < 4.78 is 25.4. The Morgan fingerprint density at radius 2 is 2.12 bits per heavy atom. The van der Waals surface area contributed by atoms with Gasteiger partial charge in [-0.2, -0.15) is 0 Å². The van der Waals surface area contributed by atoms with Crippen LogP contribution in [0.15, 0.2) is 6.07 Å². The van der Waals surface area contributed by atoms with E-state index in [-0.39, 0.29) is 45.0 Å². The van der Waals surface area contributed by atoms with Gasteiger partial charge in [-0.3, -0.25) is 4.79 Å². The van der Waals surface area contributed by atoms with Crippen LogP contribution in [0.1, 0.15) is 31.1 Å². The van der Waals surface area contributed by atoms with Crippen LogP contribution in [0.2, 0.25) is 5.02 Å². The highest BCUT2D eigenvalue weighted by Gasteiger charge is 2.39. The summed E-state index contributed by atoms with van der Waals surface area (Å²) in [5.74, 6) is -0.707. The Bertz CT molecular complexity index is 768. The van der Waals surface area contributed by atoms with Crippen LogP contribution < -0.4 is 4.74 Å². The fourth-order valence-corrected chi connectivity index (χ4v) is 3.62. The zero-order chi connectivity index (χ0) is 19.2. The van der Waals surface area contributed by atoms with Crippen molar-refractivity contribution in [2.45, 2.75) is 32.4 Å². The molecule has 0 aromatic heterocycles. The standard InChI is InChI=1S/C17H19ClFIN2O4/c1-17(2,3)26-16(24)21-4-5-22-9(7-21)8-25-14-10(15(22)23)6-11(19)13(20)12(14)18/h6,9H,4-5,7-8H2,1-3H3/t9-/m0/s1. The minimum Gasteiger partial charge on any atom is -0.489 e. The molecule has 26 heavy (non-hydrogen) atoms. The van der Waals surface area contributed by atoms with E-state index in [1.165, 1.54) is 0 Å². The number of carbonyl (C=O) groups is 2. The summed E-state index contributed by atoms with van der Waals surface area (Å²) in [6, 6.07) is 0.807. The molecular formula is C17H19ClFIN2O4. The molecule has 0 unspecified atom stereocenters. The lowest BCUT2D eigenvalue weighted by atomic mass is 10.1.